The molecule has 0 bridgehead atoms. The average Bonchev–Trinajstić information content (AvgIpc) is 3.39. The number of Topliss-reactive ketones (excluding diaryl/α,β-unsaturated/α-hetero) is 1. The molecule has 0 aliphatic heterocycles. The first-order valence-corrected chi connectivity index (χ1v) is 9.89. The number of nitrogens with zero attached hydrogens (tertiary/aromatic N) is 3. The predicted molar refractivity (Wildman–Crippen MR) is 103 cm³/mol. The van der Waals surface area contributed by atoms with E-state index in [0.29, 0.717) is 23.7 Å². The fourth-order valence-corrected chi connectivity index (χ4v) is 3.84. The van der Waals surface area contributed by atoms with E-state index < -0.39 is 0 Å². The molecule has 1 atom stereocenters. The summed E-state index contributed by atoms with van der Waals surface area (Å²) in [6, 6.07) is 7.56. The predicted octanol–water partition coefficient (Wildman–Crippen LogP) is 4.02. The molecular weight excluding hydrogens is 348 g/mol. The van der Waals surface area contributed by atoms with Crippen LogP contribution >= 0.6 is 11.8 Å². The molecule has 7 heteroatoms. The van der Waals surface area contributed by atoms with Crippen LogP contribution in [0.15, 0.2) is 29.4 Å². The average molecular weight is 372 g/mol. The van der Waals surface area contributed by atoms with Crippen LogP contribution in [0.2, 0.25) is 0 Å². The van der Waals surface area contributed by atoms with Crippen LogP contribution in [0.4, 0.5) is 5.69 Å². The van der Waals surface area contributed by atoms with Crippen molar-refractivity contribution < 1.29 is 9.59 Å². The molecule has 1 aromatic heterocycles. The molecule has 1 aliphatic carbocycles. The summed E-state index contributed by atoms with van der Waals surface area (Å²) >= 11 is 1.45. The van der Waals surface area contributed by atoms with Gasteiger partial charge in [0.25, 0.3) is 0 Å². The number of hydrogen-bond donors (Lipinski definition) is 1. The van der Waals surface area contributed by atoms with Gasteiger partial charge in [-0.2, -0.15) is 0 Å². The Hall–Kier alpha value is -2.15. The highest BCUT2D eigenvalue weighted by Gasteiger charge is 2.30. The van der Waals surface area contributed by atoms with Gasteiger partial charge in [-0.15, -0.1) is 10.2 Å². The summed E-state index contributed by atoms with van der Waals surface area (Å²) in [5.41, 5.74) is 1.34. The molecule has 26 heavy (non-hydrogen) atoms. The van der Waals surface area contributed by atoms with Crippen molar-refractivity contribution >= 4 is 29.1 Å². The lowest BCUT2D eigenvalue weighted by Gasteiger charge is -2.12. The minimum absolute atomic E-state index is 0.00900. The van der Waals surface area contributed by atoms with Crippen molar-refractivity contribution in [1.82, 2.24) is 14.8 Å². The number of carbonyl (C=O) groups is 2. The molecule has 1 fully saturated rings. The van der Waals surface area contributed by atoms with E-state index in [4.69, 9.17) is 0 Å². The molecule has 1 aromatic carbocycles. The largest absolute Gasteiger partial charge is 0.326 e. The van der Waals surface area contributed by atoms with E-state index in [1.54, 1.807) is 24.3 Å². The van der Waals surface area contributed by atoms with Gasteiger partial charge in [0.05, 0.1) is 5.25 Å². The summed E-state index contributed by atoms with van der Waals surface area (Å²) in [6.07, 6.45) is 3.61. The van der Waals surface area contributed by atoms with E-state index >= 15 is 0 Å². The Labute approximate surface area is 157 Å². The lowest BCUT2D eigenvalue weighted by atomic mass is 10.1. The smallest absolute Gasteiger partial charge is 0.224 e. The monoisotopic (exact) mass is 372 g/mol. The number of rotatable bonds is 8. The van der Waals surface area contributed by atoms with Gasteiger partial charge in [-0.3, -0.25) is 9.59 Å². The van der Waals surface area contributed by atoms with Crippen LogP contribution in [0.5, 0.6) is 0 Å². The topological polar surface area (TPSA) is 76.9 Å². The van der Waals surface area contributed by atoms with Crippen molar-refractivity contribution in [1.29, 1.82) is 0 Å². The molecule has 0 radical (unpaired) electrons. The number of nitrogens with one attached hydrogen (secondary N) is 1. The molecule has 0 unspecified atom stereocenters. The third-order valence-electron chi connectivity index (χ3n) is 4.33. The normalized spacial score (nSPS) is 14.9. The van der Waals surface area contributed by atoms with Crippen LogP contribution < -0.4 is 5.32 Å². The van der Waals surface area contributed by atoms with Crippen LogP contribution in [-0.4, -0.2) is 31.7 Å². The van der Waals surface area contributed by atoms with Crippen LogP contribution in [0.25, 0.3) is 0 Å². The first-order chi connectivity index (χ1) is 12.5. The van der Waals surface area contributed by atoms with Crippen molar-refractivity contribution in [3.8, 4) is 0 Å². The molecule has 3 rings (SSSR count). The third-order valence-corrected chi connectivity index (χ3v) is 5.39. The first kappa shape index (κ1) is 18.6. The number of ketones is 1. The molecular formula is C19H24N4O2S. The summed E-state index contributed by atoms with van der Waals surface area (Å²) < 4.78 is 2.14. The second kappa shape index (κ2) is 8.03. The van der Waals surface area contributed by atoms with E-state index in [0.717, 1.165) is 30.2 Å². The Morgan fingerprint density at radius 2 is 1.96 bits per heavy atom. The lowest BCUT2D eigenvalue weighted by molar-refractivity contribution is -0.116. The van der Waals surface area contributed by atoms with Gasteiger partial charge in [-0.05, 0) is 57.4 Å². The van der Waals surface area contributed by atoms with Crippen molar-refractivity contribution in [3.63, 3.8) is 0 Å². The molecule has 1 heterocycles. The lowest BCUT2D eigenvalue weighted by Crippen LogP contribution is -2.15. The minimum atomic E-state index is -0.253. The molecule has 1 amide bonds. The van der Waals surface area contributed by atoms with Crippen LogP contribution in [0.1, 0.15) is 61.8 Å². The highest BCUT2D eigenvalue weighted by Crippen LogP contribution is 2.39. The number of aryl methyl sites for hydroxylation is 1. The highest BCUT2D eigenvalue weighted by molar-refractivity contribution is 8.00. The van der Waals surface area contributed by atoms with Gasteiger partial charge in [0.2, 0.25) is 5.91 Å². The summed E-state index contributed by atoms with van der Waals surface area (Å²) in [7, 11) is 0. The fourth-order valence-electron chi connectivity index (χ4n) is 2.80. The van der Waals surface area contributed by atoms with E-state index in [9.17, 15) is 9.59 Å². The summed E-state index contributed by atoms with van der Waals surface area (Å²) in [6.45, 7) is 5.81. The number of anilines is 1. The molecule has 0 spiro atoms. The van der Waals surface area contributed by atoms with Gasteiger partial charge in [-0.1, -0.05) is 18.7 Å². The van der Waals surface area contributed by atoms with E-state index in [2.05, 4.69) is 20.1 Å². The van der Waals surface area contributed by atoms with Gasteiger partial charge in [0.1, 0.15) is 5.82 Å². The number of thioether (sulfide) groups is 1. The van der Waals surface area contributed by atoms with Gasteiger partial charge in [0, 0.05) is 23.7 Å². The minimum Gasteiger partial charge on any atom is -0.326 e. The quantitative estimate of drug-likeness (QED) is 0.559. The number of benzene rings is 1. The van der Waals surface area contributed by atoms with Gasteiger partial charge in [0.15, 0.2) is 10.9 Å². The van der Waals surface area contributed by atoms with Crippen molar-refractivity contribution in [2.75, 3.05) is 5.32 Å². The maximum Gasteiger partial charge on any atom is 0.224 e. The van der Waals surface area contributed by atoms with Gasteiger partial charge in [-0.25, -0.2) is 0 Å². The van der Waals surface area contributed by atoms with E-state index in [1.165, 1.54) is 11.8 Å². The Bertz CT molecular complexity index is 796. The van der Waals surface area contributed by atoms with E-state index in [1.807, 2.05) is 20.8 Å². The first-order valence-electron chi connectivity index (χ1n) is 9.02. The maximum atomic E-state index is 12.7. The standard InChI is InChI=1S/C19H24N4O2S/c1-4-5-17(24)20-15-8-6-14(7-9-15)18(25)12(2)26-19-22-21-13(3)23(19)16-10-11-16/h6-9,12,16H,4-5,10-11H2,1-3H3,(H,20,24)/t12-/m0/s1. The summed E-state index contributed by atoms with van der Waals surface area (Å²) in [4.78, 5) is 24.4. The Balaban J connectivity index is 1.64. The van der Waals surface area contributed by atoms with E-state index in [-0.39, 0.29) is 16.9 Å². The zero-order valence-corrected chi connectivity index (χ0v) is 16.2. The van der Waals surface area contributed by atoms with Crippen molar-refractivity contribution in [2.24, 2.45) is 0 Å². The van der Waals surface area contributed by atoms with Gasteiger partial charge >= 0.3 is 0 Å². The molecule has 1 saturated carbocycles. The fraction of sp³-hybridized carbons (Fsp3) is 0.474. The molecule has 2 aromatic rings. The molecule has 1 N–H and O–H groups in total. The van der Waals surface area contributed by atoms with Gasteiger partial charge < -0.3 is 9.88 Å². The SMILES string of the molecule is CCCC(=O)Nc1ccc(C(=O)[C@H](C)Sc2nnc(C)n2C2CC2)cc1. The Morgan fingerprint density at radius 3 is 2.58 bits per heavy atom. The summed E-state index contributed by atoms with van der Waals surface area (Å²) in [5.74, 6) is 0.941. The second-order valence-corrected chi connectivity index (χ2v) is 7.94. The van der Waals surface area contributed by atoms with Crippen molar-refractivity contribution in [3.05, 3.63) is 35.7 Å². The molecule has 0 saturated heterocycles. The second-order valence-electron chi connectivity index (χ2n) is 6.63. The summed E-state index contributed by atoms with van der Waals surface area (Å²) in [5, 5.41) is 11.8. The zero-order valence-electron chi connectivity index (χ0n) is 15.4. The van der Waals surface area contributed by atoms with Crippen LogP contribution in [0, 0.1) is 6.92 Å². The Kier molecular flexibility index (Phi) is 5.76. The number of hydrogen-bond acceptors (Lipinski definition) is 5. The number of amides is 1. The van der Waals surface area contributed by atoms with Crippen LogP contribution in [0.3, 0.4) is 0 Å². The van der Waals surface area contributed by atoms with Crippen LogP contribution in [-0.2, 0) is 4.79 Å². The van der Waals surface area contributed by atoms with Crippen molar-refractivity contribution in [2.45, 2.75) is 62.9 Å². The molecule has 138 valence electrons. The maximum absolute atomic E-state index is 12.7. The number of aromatic nitrogens is 3. The third kappa shape index (κ3) is 4.33. The molecule has 6 nitrogen and oxygen atoms in total. The zero-order chi connectivity index (χ0) is 18.7. The Morgan fingerprint density at radius 1 is 1.27 bits per heavy atom. The highest BCUT2D eigenvalue weighted by atomic mass is 32.2. The molecule has 1 aliphatic rings. The number of carbonyl (C=O) groups excluding carboxylic acids is 2.